The van der Waals surface area contributed by atoms with E-state index in [2.05, 4.69) is 9.97 Å². The zero-order chi connectivity index (χ0) is 28.6. The first-order valence-electron chi connectivity index (χ1n) is 13.6. The highest BCUT2D eigenvalue weighted by Crippen LogP contribution is 2.34. The fourth-order valence-electron chi connectivity index (χ4n) is 5.01. The molecular weight excluding hydrogens is 547 g/mol. The summed E-state index contributed by atoms with van der Waals surface area (Å²) in [5.74, 6) is -0.0350. The molecular formula is C31H34Cl2N4O3. The summed E-state index contributed by atoms with van der Waals surface area (Å²) in [7, 11) is 0. The van der Waals surface area contributed by atoms with Crippen LogP contribution in [0.1, 0.15) is 48.2 Å². The molecule has 7 nitrogen and oxygen atoms in total. The number of carboxylic acid groups (broad SMARTS) is 1. The van der Waals surface area contributed by atoms with Crippen molar-refractivity contribution in [3.05, 3.63) is 87.7 Å². The highest BCUT2D eigenvalue weighted by molar-refractivity contribution is 6.35. The van der Waals surface area contributed by atoms with Gasteiger partial charge in [0.25, 0.3) is 5.91 Å². The zero-order valence-electron chi connectivity index (χ0n) is 22.8. The molecule has 2 heterocycles. The lowest BCUT2D eigenvalue weighted by molar-refractivity contribution is 0.0773. The number of benzene rings is 2. The Bertz CT molecular complexity index is 1450. The number of H-pyrrole nitrogens is 1. The minimum Gasteiger partial charge on any atom is -0.465 e. The molecule has 0 fully saturated rings. The van der Waals surface area contributed by atoms with E-state index in [0.29, 0.717) is 48.2 Å². The van der Waals surface area contributed by atoms with Gasteiger partial charge in [0.2, 0.25) is 0 Å². The van der Waals surface area contributed by atoms with Crippen molar-refractivity contribution in [2.75, 3.05) is 26.2 Å². The third-order valence-corrected chi connectivity index (χ3v) is 7.56. The van der Waals surface area contributed by atoms with Crippen LogP contribution in [0.25, 0.3) is 22.2 Å². The number of carbonyl (C=O) groups excluding carboxylic acids is 1. The van der Waals surface area contributed by atoms with Crippen LogP contribution >= 0.6 is 23.2 Å². The van der Waals surface area contributed by atoms with Crippen LogP contribution in [0.3, 0.4) is 0 Å². The number of amides is 2. The molecule has 2 N–H and O–H groups in total. The number of pyridine rings is 1. The molecule has 0 unspecified atom stereocenters. The third kappa shape index (κ3) is 7.14. The molecule has 0 bridgehead atoms. The number of aromatic amines is 1. The van der Waals surface area contributed by atoms with Crippen LogP contribution in [0.5, 0.6) is 0 Å². The number of nitrogens with one attached hydrogen (secondary N) is 1. The monoisotopic (exact) mass is 580 g/mol. The first-order chi connectivity index (χ1) is 19.3. The average Bonchev–Trinajstić information content (AvgIpc) is 3.31. The van der Waals surface area contributed by atoms with E-state index in [1.807, 2.05) is 62.5 Å². The van der Waals surface area contributed by atoms with Gasteiger partial charge in [-0.2, -0.15) is 0 Å². The molecule has 9 heteroatoms. The minimum absolute atomic E-state index is 0.0350. The predicted octanol–water partition coefficient (Wildman–Crippen LogP) is 7.56. The molecule has 0 aliphatic rings. The number of aromatic nitrogens is 2. The molecule has 2 amide bonds. The Labute approximate surface area is 244 Å². The first-order valence-corrected chi connectivity index (χ1v) is 14.3. The summed E-state index contributed by atoms with van der Waals surface area (Å²) in [5.41, 5.74) is 5.13. The second-order valence-corrected chi connectivity index (χ2v) is 10.6. The molecule has 4 rings (SSSR count). The van der Waals surface area contributed by atoms with Crippen LogP contribution in [0.4, 0.5) is 4.79 Å². The maximum Gasteiger partial charge on any atom is 0.407 e. The van der Waals surface area contributed by atoms with E-state index in [1.165, 1.54) is 4.90 Å². The lowest BCUT2D eigenvalue weighted by Crippen LogP contribution is -2.32. The first kappa shape index (κ1) is 29.4. The molecule has 0 spiro atoms. The Morgan fingerprint density at radius 3 is 2.33 bits per heavy atom. The minimum atomic E-state index is -0.953. The van der Waals surface area contributed by atoms with Crippen molar-refractivity contribution in [3.8, 4) is 11.3 Å². The lowest BCUT2D eigenvalue weighted by Gasteiger charge is -2.20. The number of rotatable bonds is 12. The number of unbranched alkanes of at least 4 members (excludes halogenated alkanes) is 1. The van der Waals surface area contributed by atoms with Crippen molar-refractivity contribution >= 4 is 46.1 Å². The van der Waals surface area contributed by atoms with Gasteiger partial charge in [-0.3, -0.25) is 9.78 Å². The van der Waals surface area contributed by atoms with Crippen molar-refractivity contribution < 1.29 is 14.7 Å². The standard InChI is InChI=1S/C31H34Cl2N4O3/c1-3-36(4-2)30(38)22-10-11-28-27(18-22)26(29(35-28)23-16-24(32)19-25(33)17-23)12-15-37(31(39)40)14-6-5-8-21-9-7-13-34-20-21/h7,9-11,13,16-20,35H,3-6,8,12,14-15H2,1-2H3,(H,39,40). The molecule has 0 aliphatic heterocycles. The Kier molecular flexibility index (Phi) is 10.1. The smallest absolute Gasteiger partial charge is 0.407 e. The van der Waals surface area contributed by atoms with E-state index in [0.717, 1.165) is 52.5 Å². The number of nitrogens with zero attached hydrogens (tertiary/aromatic N) is 3. The van der Waals surface area contributed by atoms with Crippen LogP contribution in [-0.4, -0.2) is 63.1 Å². The zero-order valence-corrected chi connectivity index (χ0v) is 24.3. The fraction of sp³-hybridized carbons (Fsp3) is 0.323. The number of halogens is 2. The van der Waals surface area contributed by atoms with Crippen LogP contribution in [0.15, 0.2) is 60.9 Å². The van der Waals surface area contributed by atoms with Crippen molar-refractivity contribution in [1.82, 2.24) is 19.8 Å². The van der Waals surface area contributed by atoms with Gasteiger partial charge in [-0.05, 0) is 93.1 Å². The molecule has 0 aliphatic carbocycles. The predicted molar refractivity (Wildman–Crippen MR) is 161 cm³/mol. The summed E-state index contributed by atoms with van der Waals surface area (Å²) in [5, 5.41) is 11.8. The van der Waals surface area contributed by atoms with E-state index in [1.54, 1.807) is 17.2 Å². The molecule has 0 saturated heterocycles. The fourth-order valence-corrected chi connectivity index (χ4v) is 5.53. The van der Waals surface area contributed by atoms with Gasteiger partial charge in [-0.1, -0.05) is 29.3 Å². The van der Waals surface area contributed by atoms with Gasteiger partial charge >= 0.3 is 6.09 Å². The maximum absolute atomic E-state index is 13.1. The van der Waals surface area contributed by atoms with E-state index in [9.17, 15) is 14.7 Å². The number of aryl methyl sites for hydroxylation is 1. The van der Waals surface area contributed by atoms with Gasteiger partial charge in [0, 0.05) is 76.3 Å². The normalized spacial score (nSPS) is 11.1. The van der Waals surface area contributed by atoms with E-state index in [4.69, 9.17) is 23.2 Å². The molecule has 0 radical (unpaired) electrons. The average molecular weight is 582 g/mol. The van der Waals surface area contributed by atoms with Gasteiger partial charge in [0.1, 0.15) is 0 Å². The van der Waals surface area contributed by atoms with Crippen LogP contribution in [0.2, 0.25) is 10.0 Å². The van der Waals surface area contributed by atoms with Gasteiger partial charge in [0.05, 0.1) is 0 Å². The maximum atomic E-state index is 13.1. The Balaban J connectivity index is 1.61. The highest BCUT2D eigenvalue weighted by Gasteiger charge is 2.20. The largest absolute Gasteiger partial charge is 0.465 e. The summed E-state index contributed by atoms with van der Waals surface area (Å²) in [4.78, 5) is 36.1. The molecule has 2 aromatic carbocycles. The number of hydrogen-bond acceptors (Lipinski definition) is 3. The SMILES string of the molecule is CCN(CC)C(=O)c1ccc2[nH]c(-c3cc(Cl)cc(Cl)c3)c(CCN(CCCCc3cccnc3)C(=O)O)c2c1. The van der Waals surface area contributed by atoms with E-state index >= 15 is 0 Å². The van der Waals surface area contributed by atoms with E-state index in [-0.39, 0.29) is 5.91 Å². The second-order valence-electron chi connectivity index (χ2n) is 9.71. The summed E-state index contributed by atoms with van der Waals surface area (Å²) >= 11 is 12.7. The Morgan fingerprint density at radius 2 is 1.68 bits per heavy atom. The summed E-state index contributed by atoms with van der Waals surface area (Å²) in [6.07, 6.45) is 5.55. The van der Waals surface area contributed by atoms with Crippen molar-refractivity contribution in [3.63, 3.8) is 0 Å². The molecule has 0 saturated carbocycles. The quantitative estimate of drug-likeness (QED) is 0.169. The second kappa shape index (κ2) is 13.7. The van der Waals surface area contributed by atoms with Crippen molar-refractivity contribution in [2.24, 2.45) is 0 Å². The van der Waals surface area contributed by atoms with E-state index < -0.39 is 6.09 Å². The Morgan fingerprint density at radius 1 is 0.925 bits per heavy atom. The van der Waals surface area contributed by atoms with Crippen LogP contribution < -0.4 is 0 Å². The summed E-state index contributed by atoms with van der Waals surface area (Å²) in [6, 6.07) is 14.9. The summed E-state index contributed by atoms with van der Waals surface area (Å²) in [6.45, 7) is 5.90. The van der Waals surface area contributed by atoms with Gasteiger partial charge in [-0.15, -0.1) is 0 Å². The highest BCUT2D eigenvalue weighted by atomic mass is 35.5. The van der Waals surface area contributed by atoms with Gasteiger partial charge in [0.15, 0.2) is 0 Å². The number of carbonyl (C=O) groups is 2. The van der Waals surface area contributed by atoms with Crippen LogP contribution in [0, 0.1) is 0 Å². The third-order valence-electron chi connectivity index (χ3n) is 7.12. The Hall–Kier alpha value is -3.55. The molecule has 4 aromatic rings. The molecule has 2 aromatic heterocycles. The number of hydrogen-bond donors (Lipinski definition) is 2. The summed E-state index contributed by atoms with van der Waals surface area (Å²) < 4.78 is 0. The molecule has 210 valence electrons. The van der Waals surface area contributed by atoms with Gasteiger partial charge in [-0.25, -0.2) is 4.79 Å². The van der Waals surface area contributed by atoms with Crippen molar-refractivity contribution in [2.45, 2.75) is 39.5 Å². The van der Waals surface area contributed by atoms with Crippen LogP contribution in [-0.2, 0) is 12.8 Å². The topological polar surface area (TPSA) is 89.5 Å². The number of fused-ring (bicyclic) bond motifs is 1. The lowest BCUT2D eigenvalue weighted by atomic mass is 10.0. The van der Waals surface area contributed by atoms with Gasteiger partial charge < -0.3 is 19.9 Å². The molecule has 0 atom stereocenters. The molecule has 40 heavy (non-hydrogen) atoms. The van der Waals surface area contributed by atoms with Crippen molar-refractivity contribution in [1.29, 1.82) is 0 Å².